The van der Waals surface area contributed by atoms with E-state index in [9.17, 15) is 0 Å². The van der Waals surface area contributed by atoms with E-state index in [1.165, 1.54) is 45.1 Å². The highest BCUT2D eigenvalue weighted by Gasteiger charge is 2.35. The Hall–Kier alpha value is -0.0400. The van der Waals surface area contributed by atoms with Crippen LogP contribution in [0.5, 0.6) is 0 Å². The largest absolute Gasteiger partial charge is 0.298 e. The van der Waals surface area contributed by atoms with Crippen molar-refractivity contribution < 1.29 is 0 Å². The molecule has 0 N–H and O–H groups in total. The predicted octanol–water partition coefficient (Wildman–Crippen LogP) is 3.05. The Morgan fingerprint density at radius 3 is 2.62 bits per heavy atom. The molecule has 1 aliphatic heterocycles. The number of piperidine rings is 1. The van der Waals surface area contributed by atoms with Crippen molar-refractivity contribution in [2.45, 2.75) is 64.5 Å². The molecule has 3 atom stereocenters. The molecule has 1 saturated heterocycles. The van der Waals surface area contributed by atoms with Crippen LogP contribution in [-0.2, 0) is 0 Å². The van der Waals surface area contributed by atoms with Gasteiger partial charge in [0, 0.05) is 12.1 Å². The molecule has 13 heavy (non-hydrogen) atoms. The Bertz CT molecular complexity index is 167. The molecule has 76 valence electrons. The molecule has 1 aliphatic carbocycles. The standard InChI is InChI=1S/C12H23N/c1-3-13-10(2)8-9-11-6-4-5-7-12(11)13/h10-12H,3-9H2,1-2H3. The minimum absolute atomic E-state index is 0.851. The molecule has 1 heterocycles. The monoisotopic (exact) mass is 181 g/mol. The van der Waals surface area contributed by atoms with Crippen LogP contribution in [0.1, 0.15) is 52.4 Å². The summed E-state index contributed by atoms with van der Waals surface area (Å²) in [5.74, 6) is 1.05. The zero-order valence-corrected chi connectivity index (χ0v) is 9.13. The summed E-state index contributed by atoms with van der Waals surface area (Å²) in [7, 11) is 0. The second-order valence-corrected chi connectivity index (χ2v) is 4.87. The topological polar surface area (TPSA) is 3.24 Å². The van der Waals surface area contributed by atoms with E-state index >= 15 is 0 Å². The van der Waals surface area contributed by atoms with Crippen molar-refractivity contribution in [2.75, 3.05) is 6.54 Å². The first-order valence-electron chi connectivity index (χ1n) is 6.08. The molecule has 1 nitrogen and oxygen atoms in total. The molecule has 0 radical (unpaired) electrons. The summed E-state index contributed by atoms with van der Waals surface area (Å²) in [6, 6.07) is 1.80. The molecule has 1 heteroatoms. The summed E-state index contributed by atoms with van der Waals surface area (Å²) in [6.45, 7) is 6.00. The normalized spacial score (nSPS) is 41.5. The first kappa shape index (κ1) is 9.51. The van der Waals surface area contributed by atoms with Gasteiger partial charge in [0.1, 0.15) is 0 Å². The highest BCUT2D eigenvalue weighted by Crippen LogP contribution is 2.37. The van der Waals surface area contributed by atoms with Crippen molar-refractivity contribution in [2.24, 2.45) is 5.92 Å². The first-order valence-corrected chi connectivity index (χ1v) is 6.08. The van der Waals surface area contributed by atoms with Gasteiger partial charge in [0.25, 0.3) is 0 Å². The zero-order chi connectivity index (χ0) is 9.26. The van der Waals surface area contributed by atoms with Gasteiger partial charge < -0.3 is 0 Å². The van der Waals surface area contributed by atoms with E-state index in [2.05, 4.69) is 18.7 Å². The van der Waals surface area contributed by atoms with Gasteiger partial charge in [0.05, 0.1) is 0 Å². The van der Waals surface area contributed by atoms with Crippen LogP contribution in [0.15, 0.2) is 0 Å². The van der Waals surface area contributed by atoms with Gasteiger partial charge in [-0.05, 0) is 45.1 Å². The molecule has 2 rings (SSSR count). The van der Waals surface area contributed by atoms with E-state index in [-0.39, 0.29) is 0 Å². The Morgan fingerprint density at radius 1 is 1.08 bits per heavy atom. The Labute approximate surface area is 82.5 Å². The van der Waals surface area contributed by atoms with Gasteiger partial charge in [0.15, 0.2) is 0 Å². The zero-order valence-electron chi connectivity index (χ0n) is 9.13. The highest BCUT2D eigenvalue weighted by atomic mass is 15.2. The fourth-order valence-electron chi connectivity index (χ4n) is 3.46. The maximum absolute atomic E-state index is 2.76. The van der Waals surface area contributed by atoms with Crippen LogP contribution in [0.25, 0.3) is 0 Å². The summed E-state index contributed by atoms with van der Waals surface area (Å²) in [4.78, 5) is 2.76. The third-order valence-electron chi connectivity index (χ3n) is 4.18. The average Bonchev–Trinajstić information content (AvgIpc) is 2.18. The molecule has 0 aromatic rings. The second kappa shape index (κ2) is 4.00. The van der Waals surface area contributed by atoms with E-state index in [1.807, 2.05) is 0 Å². The van der Waals surface area contributed by atoms with Gasteiger partial charge in [-0.15, -0.1) is 0 Å². The van der Waals surface area contributed by atoms with Crippen LogP contribution in [0, 0.1) is 5.92 Å². The summed E-state index contributed by atoms with van der Waals surface area (Å²) >= 11 is 0. The van der Waals surface area contributed by atoms with E-state index in [0.717, 1.165) is 18.0 Å². The van der Waals surface area contributed by atoms with Crippen LogP contribution in [0.3, 0.4) is 0 Å². The number of likely N-dealkylation sites (tertiary alicyclic amines) is 1. The Balaban J connectivity index is 2.04. The predicted molar refractivity (Wildman–Crippen MR) is 56.8 cm³/mol. The smallest absolute Gasteiger partial charge is 0.0126 e. The van der Waals surface area contributed by atoms with Crippen molar-refractivity contribution >= 4 is 0 Å². The quantitative estimate of drug-likeness (QED) is 0.601. The lowest BCUT2D eigenvalue weighted by molar-refractivity contribution is 0.0266. The van der Waals surface area contributed by atoms with Crippen molar-refractivity contribution in [3.05, 3.63) is 0 Å². The van der Waals surface area contributed by atoms with Gasteiger partial charge in [-0.1, -0.05) is 19.8 Å². The van der Waals surface area contributed by atoms with Gasteiger partial charge in [0.2, 0.25) is 0 Å². The van der Waals surface area contributed by atoms with E-state index in [0.29, 0.717) is 0 Å². The van der Waals surface area contributed by atoms with E-state index in [4.69, 9.17) is 0 Å². The van der Waals surface area contributed by atoms with Crippen molar-refractivity contribution in [1.29, 1.82) is 0 Å². The molecular weight excluding hydrogens is 158 g/mol. The number of hydrogen-bond acceptors (Lipinski definition) is 1. The van der Waals surface area contributed by atoms with E-state index < -0.39 is 0 Å². The summed E-state index contributed by atoms with van der Waals surface area (Å²) < 4.78 is 0. The second-order valence-electron chi connectivity index (χ2n) is 4.87. The molecule has 0 amide bonds. The maximum Gasteiger partial charge on any atom is 0.0126 e. The van der Waals surface area contributed by atoms with Crippen LogP contribution >= 0.6 is 0 Å². The van der Waals surface area contributed by atoms with Gasteiger partial charge in [-0.2, -0.15) is 0 Å². The molecule has 3 unspecified atom stereocenters. The first-order chi connectivity index (χ1) is 6.33. The fraction of sp³-hybridized carbons (Fsp3) is 1.00. The van der Waals surface area contributed by atoms with Crippen molar-refractivity contribution in [3.8, 4) is 0 Å². The average molecular weight is 181 g/mol. The van der Waals surface area contributed by atoms with Crippen molar-refractivity contribution in [3.63, 3.8) is 0 Å². The SMILES string of the molecule is CCN1C(C)CCC2CCCCC21. The van der Waals surface area contributed by atoms with E-state index in [1.54, 1.807) is 0 Å². The number of nitrogens with zero attached hydrogens (tertiary/aromatic N) is 1. The van der Waals surface area contributed by atoms with Crippen LogP contribution < -0.4 is 0 Å². The van der Waals surface area contributed by atoms with Crippen molar-refractivity contribution in [1.82, 2.24) is 4.90 Å². The molecule has 1 saturated carbocycles. The number of rotatable bonds is 1. The number of hydrogen-bond donors (Lipinski definition) is 0. The molecule has 0 aromatic carbocycles. The maximum atomic E-state index is 2.76. The lowest BCUT2D eigenvalue weighted by Crippen LogP contribution is -2.50. The Morgan fingerprint density at radius 2 is 1.85 bits per heavy atom. The summed E-state index contributed by atoms with van der Waals surface area (Å²) in [5, 5.41) is 0. The van der Waals surface area contributed by atoms with Gasteiger partial charge in [-0.3, -0.25) is 4.90 Å². The lowest BCUT2D eigenvalue weighted by atomic mass is 9.76. The molecule has 0 bridgehead atoms. The molecule has 2 aliphatic rings. The molecular formula is C12H23N. The van der Waals surface area contributed by atoms with Gasteiger partial charge >= 0.3 is 0 Å². The fourth-order valence-corrected chi connectivity index (χ4v) is 3.46. The number of fused-ring (bicyclic) bond motifs is 1. The molecule has 0 spiro atoms. The van der Waals surface area contributed by atoms with Gasteiger partial charge in [-0.25, -0.2) is 0 Å². The third-order valence-corrected chi connectivity index (χ3v) is 4.18. The summed E-state index contributed by atoms with van der Waals surface area (Å²) in [5.41, 5.74) is 0. The molecule has 2 fully saturated rings. The molecule has 0 aromatic heterocycles. The summed E-state index contributed by atoms with van der Waals surface area (Å²) in [6.07, 6.45) is 8.89. The third kappa shape index (κ3) is 1.76. The van der Waals surface area contributed by atoms with Crippen LogP contribution in [0.4, 0.5) is 0 Å². The minimum atomic E-state index is 0.851. The van der Waals surface area contributed by atoms with Crippen LogP contribution in [-0.4, -0.2) is 23.5 Å². The lowest BCUT2D eigenvalue weighted by Gasteiger charge is -2.47. The Kier molecular flexibility index (Phi) is 2.92. The van der Waals surface area contributed by atoms with Crippen LogP contribution in [0.2, 0.25) is 0 Å². The minimum Gasteiger partial charge on any atom is -0.298 e. The highest BCUT2D eigenvalue weighted by molar-refractivity contribution is 4.89.